The number of ether oxygens (including phenoxy) is 3. The zero-order valence-corrected chi connectivity index (χ0v) is 18.2. The van der Waals surface area contributed by atoms with Gasteiger partial charge in [0.15, 0.2) is 5.16 Å². The number of methoxy groups -OCH3 is 3. The third-order valence-electron chi connectivity index (χ3n) is 4.43. The molecule has 0 aliphatic rings. The van der Waals surface area contributed by atoms with Crippen molar-refractivity contribution in [3.63, 3.8) is 0 Å². The van der Waals surface area contributed by atoms with Gasteiger partial charge < -0.3 is 19.5 Å². The molecule has 0 atom stereocenters. The standard InChI is InChI=1S/C21H24N4O4S/c1-14-23-24-21(25(14)16-6-9-17(27-2)10-7-16)30-13-20(26)22-12-15-5-8-18(28-3)11-19(15)29-4/h5-11H,12-13H2,1-4H3,(H,22,26). The van der Waals surface area contributed by atoms with Crippen LogP contribution >= 0.6 is 11.8 Å². The van der Waals surface area contributed by atoms with Crippen LogP contribution in [0.4, 0.5) is 0 Å². The van der Waals surface area contributed by atoms with Crippen molar-refractivity contribution in [2.75, 3.05) is 27.1 Å². The molecular weight excluding hydrogens is 404 g/mol. The molecular formula is C21H24N4O4S. The minimum Gasteiger partial charge on any atom is -0.497 e. The maximum Gasteiger partial charge on any atom is 0.230 e. The molecule has 0 spiro atoms. The van der Waals surface area contributed by atoms with Gasteiger partial charge in [-0.05, 0) is 43.3 Å². The molecule has 2 aromatic carbocycles. The van der Waals surface area contributed by atoms with Crippen LogP contribution in [0, 0.1) is 6.92 Å². The second-order valence-corrected chi connectivity index (χ2v) is 7.25. The van der Waals surface area contributed by atoms with Crippen LogP contribution in [0.2, 0.25) is 0 Å². The second-order valence-electron chi connectivity index (χ2n) is 6.31. The maximum atomic E-state index is 12.4. The van der Waals surface area contributed by atoms with E-state index in [1.54, 1.807) is 27.4 Å². The summed E-state index contributed by atoms with van der Waals surface area (Å²) < 4.78 is 17.7. The number of carbonyl (C=O) groups is 1. The van der Waals surface area contributed by atoms with Gasteiger partial charge >= 0.3 is 0 Å². The zero-order valence-electron chi connectivity index (χ0n) is 17.3. The highest BCUT2D eigenvalue weighted by Gasteiger charge is 2.14. The summed E-state index contributed by atoms with van der Waals surface area (Å²) in [5.74, 6) is 2.98. The fraction of sp³-hybridized carbons (Fsp3) is 0.286. The van der Waals surface area contributed by atoms with Crippen LogP contribution in [0.1, 0.15) is 11.4 Å². The smallest absolute Gasteiger partial charge is 0.230 e. The van der Waals surface area contributed by atoms with Gasteiger partial charge in [-0.2, -0.15) is 0 Å². The molecule has 1 N–H and O–H groups in total. The summed E-state index contributed by atoms with van der Waals surface area (Å²) in [6, 6.07) is 13.1. The summed E-state index contributed by atoms with van der Waals surface area (Å²) in [4.78, 5) is 12.4. The molecule has 0 radical (unpaired) electrons. The number of amides is 1. The molecule has 1 amide bonds. The molecule has 158 valence electrons. The van der Waals surface area contributed by atoms with Gasteiger partial charge in [0.25, 0.3) is 0 Å². The number of benzene rings is 2. The van der Waals surface area contributed by atoms with Gasteiger partial charge in [-0.1, -0.05) is 11.8 Å². The topological polar surface area (TPSA) is 87.5 Å². The lowest BCUT2D eigenvalue weighted by Gasteiger charge is -2.12. The molecule has 3 aromatic rings. The monoisotopic (exact) mass is 428 g/mol. The number of aromatic nitrogens is 3. The van der Waals surface area contributed by atoms with Crippen LogP contribution in [0.15, 0.2) is 47.6 Å². The predicted octanol–water partition coefficient (Wildman–Crippen LogP) is 3.01. The van der Waals surface area contributed by atoms with Crippen LogP contribution in [-0.2, 0) is 11.3 Å². The SMILES string of the molecule is COc1ccc(-n2c(C)nnc2SCC(=O)NCc2ccc(OC)cc2OC)cc1. The largest absolute Gasteiger partial charge is 0.497 e. The molecule has 0 saturated carbocycles. The summed E-state index contributed by atoms with van der Waals surface area (Å²) in [5, 5.41) is 11.9. The Kier molecular flexibility index (Phi) is 7.18. The highest BCUT2D eigenvalue weighted by Crippen LogP contribution is 2.25. The van der Waals surface area contributed by atoms with E-state index >= 15 is 0 Å². The lowest BCUT2D eigenvalue weighted by Crippen LogP contribution is -2.25. The van der Waals surface area contributed by atoms with E-state index in [-0.39, 0.29) is 11.7 Å². The third kappa shape index (κ3) is 5.04. The van der Waals surface area contributed by atoms with E-state index in [0.717, 1.165) is 22.8 Å². The van der Waals surface area contributed by atoms with Crippen LogP contribution < -0.4 is 19.5 Å². The van der Waals surface area contributed by atoms with Crippen molar-refractivity contribution >= 4 is 17.7 Å². The van der Waals surface area contributed by atoms with Gasteiger partial charge in [0, 0.05) is 23.9 Å². The number of thioether (sulfide) groups is 1. The summed E-state index contributed by atoms with van der Waals surface area (Å²) in [7, 11) is 4.81. The molecule has 1 aromatic heterocycles. The van der Waals surface area contributed by atoms with Gasteiger partial charge in [-0.25, -0.2) is 0 Å². The molecule has 0 fully saturated rings. The van der Waals surface area contributed by atoms with Crippen LogP contribution in [-0.4, -0.2) is 47.8 Å². The fourth-order valence-electron chi connectivity index (χ4n) is 2.84. The number of hydrogen-bond donors (Lipinski definition) is 1. The summed E-state index contributed by atoms with van der Waals surface area (Å²) in [5.41, 5.74) is 1.78. The van der Waals surface area contributed by atoms with Crippen molar-refractivity contribution in [1.82, 2.24) is 20.1 Å². The van der Waals surface area contributed by atoms with Crippen molar-refractivity contribution in [2.24, 2.45) is 0 Å². The van der Waals surface area contributed by atoms with Gasteiger partial charge in [0.05, 0.1) is 27.1 Å². The quantitative estimate of drug-likeness (QED) is 0.524. The number of rotatable bonds is 9. The minimum atomic E-state index is -0.111. The molecule has 3 rings (SSSR count). The van der Waals surface area contributed by atoms with Crippen LogP contribution in [0.25, 0.3) is 5.69 Å². The highest BCUT2D eigenvalue weighted by atomic mass is 32.2. The number of carbonyl (C=O) groups excluding carboxylic acids is 1. The molecule has 30 heavy (non-hydrogen) atoms. The summed E-state index contributed by atoms with van der Waals surface area (Å²) >= 11 is 1.33. The van der Waals surface area contributed by atoms with Crippen molar-refractivity contribution in [2.45, 2.75) is 18.6 Å². The average Bonchev–Trinajstić information content (AvgIpc) is 3.16. The van der Waals surface area contributed by atoms with E-state index in [0.29, 0.717) is 23.2 Å². The van der Waals surface area contributed by atoms with E-state index < -0.39 is 0 Å². The van der Waals surface area contributed by atoms with Crippen LogP contribution in [0.3, 0.4) is 0 Å². The second kappa shape index (κ2) is 10.0. The minimum absolute atomic E-state index is 0.111. The first-order valence-corrected chi connectivity index (χ1v) is 10.2. The Balaban J connectivity index is 1.62. The van der Waals surface area contributed by atoms with E-state index in [1.165, 1.54) is 11.8 Å². The number of aryl methyl sites for hydroxylation is 1. The first-order valence-electron chi connectivity index (χ1n) is 9.22. The van der Waals surface area contributed by atoms with Gasteiger partial charge in [0.2, 0.25) is 5.91 Å². The van der Waals surface area contributed by atoms with Crippen molar-refractivity contribution in [3.05, 3.63) is 53.9 Å². The lowest BCUT2D eigenvalue weighted by molar-refractivity contribution is -0.118. The van der Waals surface area contributed by atoms with Crippen molar-refractivity contribution in [1.29, 1.82) is 0 Å². The van der Waals surface area contributed by atoms with E-state index in [9.17, 15) is 4.79 Å². The summed E-state index contributed by atoms with van der Waals surface area (Å²) in [6.07, 6.45) is 0. The average molecular weight is 429 g/mol. The van der Waals surface area contributed by atoms with Crippen molar-refractivity contribution in [3.8, 4) is 22.9 Å². The molecule has 0 aliphatic heterocycles. The molecule has 0 aliphatic carbocycles. The number of hydrogen-bond acceptors (Lipinski definition) is 7. The molecule has 1 heterocycles. The van der Waals surface area contributed by atoms with Crippen LogP contribution in [0.5, 0.6) is 17.2 Å². The third-order valence-corrected chi connectivity index (χ3v) is 5.36. The van der Waals surface area contributed by atoms with Gasteiger partial charge in [-0.15, -0.1) is 10.2 Å². The van der Waals surface area contributed by atoms with E-state index in [4.69, 9.17) is 14.2 Å². The predicted molar refractivity (Wildman–Crippen MR) is 115 cm³/mol. The molecule has 9 heteroatoms. The Hall–Kier alpha value is -3.20. The Morgan fingerprint density at radius 2 is 1.70 bits per heavy atom. The molecule has 0 bridgehead atoms. The normalized spacial score (nSPS) is 10.5. The summed E-state index contributed by atoms with van der Waals surface area (Å²) in [6.45, 7) is 2.23. The first-order chi connectivity index (χ1) is 14.5. The zero-order chi connectivity index (χ0) is 21.5. The number of nitrogens with zero attached hydrogens (tertiary/aromatic N) is 3. The molecule has 0 unspecified atom stereocenters. The van der Waals surface area contributed by atoms with Crippen molar-refractivity contribution < 1.29 is 19.0 Å². The van der Waals surface area contributed by atoms with E-state index in [2.05, 4.69) is 15.5 Å². The first kappa shape index (κ1) is 21.5. The fourth-order valence-corrected chi connectivity index (χ4v) is 3.67. The van der Waals surface area contributed by atoms with E-state index in [1.807, 2.05) is 47.9 Å². The Bertz CT molecular complexity index is 1000. The van der Waals surface area contributed by atoms with Gasteiger partial charge in [0.1, 0.15) is 23.1 Å². The lowest BCUT2D eigenvalue weighted by atomic mass is 10.2. The van der Waals surface area contributed by atoms with Gasteiger partial charge in [-0.3, -0.25) is 9.36 Å². The highest BCUT2D eigenvalue weighted by molar-refractivity contribution is 7.99. The Morgan fingerprint density at radius 1 is 1.00 bits per heavy atom. The maximum absolute atomic E-state index is 12.4. The Morgan fingerprint density at radius 3 is 2.37 bits per heavy atom. The molecule has 0 saturated heterocycles. The Labute approximate surface area is 179 Å². The number of nitrogens with one attached hydrogen (secondary N) is 1. The molecule has 8 nitrogen and oxygen atoms in total.